The zero-order valence-corrected chi connectivity index (χ0v) is 12.4. The molecule has 0 bridgehead atoms. The van der Waals surface area contributed by atoms with E-state index in [2.05, 4.69) is 10.3 Å². The molecule has 2 rings (SSSR count). The highest BCUT2D eigenvalue weighted by molar-refractivity contribution is 8.00. The Morgan fingerprint density at radius 3 is 2.81 bits per heavy atom. The second-order valence-corrected chi connectivity index (χ2v) is 5.76. The average molecular weight is 305 g/mol. The van der Waals surface area contributed by atoms with Crippen molar-refractivity contribution < 1.29 is 14.7 Å². The van der Waals surface area contributed by atoms with E-state index >= 15 is 0 Å². The summed E-state index contributed by atoms with van der Waals surface area (Å²) < 4.78 is 1.83. The van der Waals surface area contributed by atoms with Gasteiger partial charge in [0.05, 0.1) is 10.8 Å². The second-order valence-electron chi connectivity index (χ2n) is 4.46. The number of nitrogens with one attached hydrogen (secondary N) is 1. The molecule has 1 atom stereocenters. The van der Waals surface area contributed by atoms with Crippen LogP contribution in [0, 0.1) is 0 Å². The van der Waals surface area contributed by atoms with Gasteiger partial charge in [0.2, 0.25) is 5.91 Å². The fourth-order valence-corrected chi connectivity index (χ4v) is 2.48. The van der Waals surface area contributed by atoms with Crippen LogP contribution in [-0.4, -0.2) is 31.8 Å². The maximum Gasteiger partial charge on any atom is 0.335 e. The predicted octanol–water partition coefficient (Wildman–Crippen LogP) is 2.24. The molecule has 110 valence electrons. The lowest BCUT2D eigenvalue weighted by atomic mass is 10.2. The van der Waals surface area contributed by atoms with Crippen LogP contribution in [0.3, 0.4) is 0 Å². The van der Waals surface area contributed by atoms with E-state index in [0.29, 0.717) is 5.69 Å². The molecule has 6 nitrogen and oxygen atoms in total. The molecule has 1 aromatic carbocycles. The number of aromatic carboxylic acids is 1. The Labute approximate surface area is 126 Å². The van der Waals surface area contributed by atoms with Crippen LogP contribution < -0.4 is 5.32 Å². The normalized spacial score (nSPS) is 11.9. The van der Waals surface area contributed by atoms with Crippen molar-refractivity contribution in [3.8, 4) is 0 Å². The number of carbonyl (C=O) groups is 2. The molecule has 1 aromatic heterocycles. The number of rotatable bonds is 5. The largest absolute Gasteiger partial charge is 0.478 e. The Kier molecular flexibility index (Phi) is 4.64. The Bertz CT molecular complexity index is 669. The van der Waals surface area contributed by atoms with Crippen molar-refractivity contribution in [2.75, 3.05) is 5.32 Å². The van der Waals surface area contributed by atoms with E-state index in [0.717, 1.165) is 5.16 Å². The van der Waals surface area contributed by atoms with Crippen molar-refractivity contribution in [2.24, 2.45) is 7.05 Å². The molecule has 0 spiro atoms. The number of aryl methyl sites for hydroxylation is 1. The molecule has 1 unspecified atom stereocenters. The maximum absolute atomic E-state index is 12.1. The van der Waals surface area contributed by atoms with Gasteiger partial charge < -0.3 is 15.0 Å². The van der Waals surface area contributed by atoms with Gasteiger partial charge in [-0.25, -0.2) is 9.78 Å². The highest BCUT2D eigenvalue weighted by Gasteiger charge is 2.17. The molecule has 0 radical (unpaired) electrons. The fraction of sp³-hybridized carbons (Fsp3) is 0.214. The van der Waals surface area contributed by atoms with Crippen molar-refractivity contribution in [1.29, 1.82) is 0 Å². The van der Waals surface area contributed by atoms with E-state index in [1.165, 1.54) is 23.9 Å². The molecule has 7 heteroatoms. The standard InChI is InChI=1S/C14H15N3O3S/c1-9(21-14-15-6-7-17(14)2)12(18)16-11-5-3-4-10(8-11)13(19)20/h3-9H,1-2H3,(H,16,18)(H,19,20). The summed E-state index contributed by atoms with van der Waals surface area (Å²) in [5.74, 6) is -1.23. The SMILES string of the molecule is CC(Sc1nccn1C)C(=O)Nc1cccc(C(=O)O)c1. The summed E-state index contributed by atoms with van der Waals surface area (Å²) in [4.78, 5) is 27.2. The number of carboxylic acid groups (broad SMARTS) is 1. The molecule has 21 heavy (non-hydrogen) atoms. The Balaban J connectivity index is 2.02. The summed E-state index contributed by atoms with van der Waals surface area (Å²) in [5, 5.41) is 12.0. The lowest BCUT2D eigenvalue weighted by Gasteiger charge is -2.12. The van der Waals surface area contributed by atoms with Gasteiger partial charge in [0.15, 0.2) is 5.16 Å². The van der Waals surface area contributed by atoms with Crippen LogP contribution in [0.15, 0.2) is 41.8 Å². The number of carboxylic acids is 1. The molecule has 2 N–H and O–H groups in total. The van der Waals surface area contributed by atoms with Gasteiger partial charge in [0, 0.05) is 25.1 Å². The van der Waals surface area contributed by atoms with Crippen molar-refractivity contribution in [3.63, 3.8) is 0 Å². The van der Waals surface area contributed by atoms with Gasteiger partial charge in [0.25, 0.3) is 0 Å². The van der Waals surface area contributed by atoms with E-state index in [1.54, 1.807) is 25.3 Å². The quantitative estimate of drug-likeness (QED) is 0.828. The number of amides is 1. The van der Waals surface area contributed by atoms with Gasteiger partial charge in [-0.1, -0.05) is 17.8 Å². The first-order chi connectivity index (χ1) is 9.97. The first-order valence-corrected chi connectivity index (χ1v) is 7.13. The summed E-state index contributed by atoms with van der Waals surface area (Å²) in [6.07, 6.45) is 3.48. The van der Waals surface area contributed by atoms with Crippen LogP contribution in [0.25, 0.3) is 0 Å². The van der Waals surface area contributed by atoms with Gasteiger partial charge in [-0.3, -0.25) is 4.79 Å². The van der Waals surface area contributed by atoms with E-state index in [-0.39, 0.29) is 16.7 Å². The number of nitrogens with zero attached hydrogens (tertiary/aromatic N) is 2. The summed E-state index contributed by atoms with van der Waals surface area (Å²) >= 11 is 1.34. The summed E-state index contributed by atoms with van der Waals surface area (Å²) in [6.45, 7) is 1.77. The Morgan fingerprint density at radius 2 is 2.19 bits per heavy atom. The number of anilines is 1. The lowest BCUT2D eigenvalue weighted by Crippen LogP contribution is -2.23. The molecule has 1 heterocycles. The minimum absolute atomic E-state index is 0.136. The molecular formula is C14H15N3O3S. The fourth-order valence-electron chi connectivity index (χ4n) is 1.65. The van der Waals surface area contributed by atoms with Crippen LogP contribution >= 0.6 is 11.8 Å². The third-order valence-corrected chi connectivity index (χ3v) is 3.98. The molecule has 0 saturated heterocycles. The monoisotopic (exact) mass is 305 g/mol. The molecule has 0 fully saturated rings. The highest BCUT2D eigenvalue weighted by Crippen LogP contribution is 2.22. The van der Waals surface area contributed by atoms with Crippen molar-refractivity contribution >= 4 is 29.3 Å². The van der Waals surface area contributed by atoms with Gasteiger partial charge in [-0.2, -0.15) is 0 Å². The third kappa shape index (κ3) is 3.85. The summed E-state index contributed by atoms with van der Waals surface area (Å²) in [7, 11) is 1.86. The van der Waals surface area contributed by atoms with Gasteiger partial charge >= 0.3 is 5.97 Å². The number of aromatic nitrogens is 2. The van der Waals surface area contributed by atoms with Gasteiger partial charge in [-0.15, -0.1) is 0 Å². The molecular weight excluding hydrogens is 290 g/mol. The lowest BCUT2D eigenvalue weighted by molar-refractivity contribution is -0.115. The number of hydrogen-bond acceptors (Lipinski definition) is 4. The van der Waals surface area contributed by atoms with E-state index < -0.39 is 5.97 Å². The van der Waals surface area contributed by atoms with E-state index in [9.17, 15) is 9.59 Å². The summed E-state index contributed by atoms with van der Waals surface area (Å²) in [6, 6.07) is 6.15. The highest BCUT2D eigenvalue weighted by atomic mass is 32.2. The van der Waals surface area contributed by atoms with Crippen LogP contribution in [0.5, 0.6) is 0 Å². The van der Waals surface area contributed by atoms with Crippen molar-refractivity contribution in [2.45, 2.75) is 17.3 Å². The molecule has 0 aliphatic heterocycles. The zero-order chi connectivity index (χ0) is 15.4. The first kappa shape index (κ1) is 15.1. The van der Waals surface area contributed by atoms with Crippen molar-refractivity contribution in [1.82, 2.24) is 9.55 Å². The van der Waals surface area contributed by atoms with Crippen LogP contribution in [0.1, 0.15) is 17.3 Å². The number of imidazole rings is 1. The van der Waals surface area contributed by atoms with Gasteiger partial charge in [0.1, 0.15) is 0 Å². The maximum atomic E-state index is 12.1. The third-order valence-electron chi connectivity index (χ3n) is 2.81. The predicted molar refractivity (Wildman–Crippen MR) is 80.6 cm³/mol. The molecule has 1 amide bonds. The van der Waals surface area contributed by atoms with Crippen molar-refractivity contribution in [3.05, 3.63) is 42.2 Å². The minimum atomic E-state index is -1.03. The first-order valence-electron chi connectivity index (χ1n) is 6.25. The zero-order valence-electron chi connectivity index (χ0n) is 11.6. The van der Waals surface area contributed by atoms with Crippen LogP contribution in [0.4, 0.5) is 5.69 Å². The van der Waals surface area contributed by atoms with Crippen LogP contribution in [0.2, 0.25) is 0 Å². The number of carbonyl (C=O) groups excluding carboxylic acids is 1. The van der Waals surface area contributed by atoms with E-state index in [4.69, 9.17) is 5.11 Å². The number of benzene rings is 1. The average Bonchev–Trinajstić information content (AvgIpc) is 2.84. The smallest absolute Gasteiger partial charge is 0.335 e. The van der Waals surface area contributed by atoms with E-state index in [1.807, 2.05) is 17.8 Å². The topological polar surface area (TPSA) is 84.2 Å². The van der Waals surface area contributed by atoms with Gasteiger partial charge in [-0.05, 0) is 25.1 Å². The Morgan fingerprint density at radius 1 is 1.43 bits per heavy atom. The molecule has 0 aliphatic rings. The molecule has 0 saturated carbocycles. The summed E-state index contributed by atoms with van der Waals surface area (Å²) in [5.41, 5.74) is 0.601. The number of hydrogen-bond donors (Lipinski definition) is 2. The Hall–Kier alpha value is -2.28. The number of thioether (sulfide) groups is 1. The molecule has 0 aliphatic carbocycles. The minimum Gasteiger partial charge on any atom is -0.478 e. The second kappa shape index (κ2) is 6.45. The molecule has 2 aromatic rings. The van der Waals surface area contributed by atoms with Crippen LogP contribution in [-0.2, 0) is 11.8 Å².